The number of phenols is 1. The van der Waals surface area contributed by atoms with Crippen LogP contribution >= 0.6 is 0 Å². The molecule has 0 saturated heterocycles. The van der Waals surface area contributed by atoms with E-state index in [1.165, 1.54) is 12.0 Å². The third-order valence-electron chi connectivity index (χ3n) is 5.48. The molecule has 1 aliphatic rings. The highest BCUT2D eigenvalue weighted by atomic mass is 16.5. The Kier molecular flexibility index (Phi) is 6.50. The van der Waals surface area contributed by atoms with Crippen molar-refractivity contribution in [3.8, 4) is 11.5 Å². The van der Waals surface area contributed by atoms with E-state index in [-0.39, 0.29) is 29.0 Å². The van der Waals surface area contributed by atoms with E-state index in [1.807, 2.05) is 34.6 Å². The molecule has 2 N–H and O–H groups in total. The molecule has 7 nitrogen and oxygen atoms in total. The highest BCUT2D eigenvalue weighted by Crippen LogP contribution is 2.38. The average molecular weight is 405 g/mol. The number of ether oxygens (including phenoxy) is 2. The van der Waals surface area contributed by atoms with Crippen molar-refractivity contribution in [2.75, 3.05) is 13.7 Å². The van der Waals surface area contributed by atoms with Crippen LogP contribution in [0.3, 0.4) is 0 Å². The van der Waals surface area contributed by atoms with Crippen molar-refractivity contribution in [3.05, 3.63) is 34.5 Å². The number of phenolic OH excluding ortho intramolecular Hbond substituents is 1. The molecule has 2 amide bonds. The van der Waals surface area contributed by atoms with Crippen molar-refractivity contribution < 1.29 is 24.2 Å². The summed E-state index contributed by atoms with van der Waals surface area (Å²) in [6.07, 6.45) is -0.320. The van der Waals surface area contributed by atoms with Gasteiger partial charge in [0, 0.05) is 12.2 Å². The molecule has 0 radical (unpaired) electrons. The van der Waals surface area contributed by atoms with Gasteiger partial charge in [-0.3, -0.25) is 4.90 Å². The van der Waals surface area contributed by atoms with E-state index in [1.54, 1.807) is 26.0 Å². The second kappa shape index (κ2) is 8.35. The highest BCUT2D eigenvalue weighted by Gasteiger charge is 2.38. The van der Waals surface area contributed by atoms with E-state index in [0.717, 1.165) is 0 Å². The molecule has 1 aromatic rings. The molecule has 7 heteroatoms. The summed E-state index contributed by atoms with van der Waals surface area (Å²) < 4.78 is 11.0. The Morgan fingerprint density at radius 3 is 2.45 bits per heavy atom. The van der Waals surface area contributed by atoms with Gasteiger partial charge < -0.3 is 19.9 Å². The number of benzene rings is 1. The van der Waals surface area contributed by atoms with Gasteiger partial charge >= 0.3 is 12.0 Å². The van der Waals surface area contributed by atoms with Crippen LogP contribution in [0.15, 0.2) is 23.4 Å². The Labute approximate surface area is 172 Å². The first-order chi connectivity index (χ1) is 13.4. The Balaban J connectivity index is 2.58. The number of aromatic hydroxyl groups is 1. The largest absolute Gasteiger partial charge is 0.504 e. The number of carbonyl (C=O) groups is 2. The maximum absolute atomic E-state index is 13.2. The number of nitrogens with zero attached hydrogens (tertiary/aromatic N) is 1. The highest BCUT2D eigenvalue weighted by molar-refractivity contribution is 5.95. The lowest BCUT2D eigenvalue weighted by atomic mass is 9.89. The fourth-order valence-corrected chi connectivity index (χ4v) is 3.17. The number of allylic oxidation sites excluding steroid dienone is 1. The fourth-order valence-electron chi connectivity index (χ4n) is 3.17. The number of hydrogen-bond acceptors (Lipinski definition) is 5. The minimum atomic E-state index is -0.710. The van der Waals surface area contributed by atoms with Crippen LogP contribution in [0.1, 0.15) is 58.7 Å². The lowest BCUT2D eigenvalue weighted by molar-refractivity contribution is -0.149. The number of rotatable bonds is 5. The van der Waals surface area contributed by atoms with Gasteiger partial charge in [0.1, 0.15) is 6.10 Å². The molecule has 0 bridgehead atoms. The standard InChI is InChI=1S/C22H32N2O5/c1-9-24-13(3)17(20(26)29-14(4)22(5,6)7)18(23-21(24)27)15-10-12(2)19(25)16(11-15)28-8/h10-11,14,18,25H,9H2,1-8H3,(H,23,27). The number of urea groups is 1. The third kappa shape index (κ3) is 4.49. The zero-order valence-corrected chi connectivity index (χ0v) is 18.5. The molecule has 1 aromatic carbocycles. The number of carbonyl (C=O) groups excluding carboxylic acids is 2. The molecule has 160 valence electrons. The summed E-state index contributed by atoms with van der Waals surface area (Å²) in [6, 6.07) is 2.36. The van der Waals surface area contributed by atoms with Gasteiger partial charge in [0.15, 0.2) is 11.5 Å². The van der Waals surface area contributed by atoms with Crippen LogP contribution in [-0.2, 0) is 9.53 Å². The van der Waals surface area contributed by atoms with E-state index < -0.39 is 12.0 Å². The molecule has 29 heavy (non-hydrogen) atoms. The van der Waals surface area contributed by atoms with Gasteiger partial charge in [-0.05, 0) is 56.4 Å². The van der Waals surface area contributed by atoms with Crippen LogP contribution in [0.2, 0.25) is 0 Å². The predicted molar refractivity (Wildman–Crippen MR) is 111 cm³/mol. The lowest BCUT2D eigenvalue weighted by Crippen LogP contribution is -2.48. The number of nitrogens with one attached hydrogen (secondary N) is 1. The van der Waals surface area contributed by atoms with Gasteiger partial charge in [-0.2, -0.15) is 0 Å². The summed E-state index contributed by atoms with van der Waals surface area (Å²) in [5, 5.41) is 13.1. The molecule has 2 rings (SSSR count). The second-order valence-electron chi connectivity index (χ2n) is 8.43. The van der Waals surface area contributed by atoms with Gasteiger partial charge in [0.05, 0.1) is 18.7 Å². The fraction of sp³-hybridized carbons (Fsp3) is 0.545. The maximum atomic E-state index is 13.2. The third-order valence-corrected chi connectivity index (χ3v) is 5.48. The summed E-state index contributed by atoms with van der Waals surface area (Å²) in [5.41, 5.74) is 1.92. The molecule has 0 fully saturated rings. The molecule has 0 aromatic heterocycles. The molecular formula is C22H32N2O5. The minimum absolute atomic E-state index is 0.0275. The van der Waals surface area contributed by atoms with E-state index in [9.17, 15) is 14.7 Å². The van der Waals surface area contributed by atoms with Gasteiger partial charge in [0.2, 0.25) is 0 Å². The van der Waals surface area contributed by atoms with E-state index in [2.05, 4.69) is 5.32 Å². The molecule has 1 aliphatic heterocycles. The average Bonchev–Trinajstić information content (AvgIpc) is 2.62. The number of amides is 2. The van der Waals surface area contributed by atoms with E-state index in [4.69, 9.17) is 9.47 Å². The van der Waals surface area contributed by atoms with Gasteiger partial charge in [0.25, 0.3) is 0 Å². The SMILES string of the molecule is CCN1C(=O)NC(c2cc(C)c(O)c(OC)c2)C(C(=O)OC(C)C(C)(C)C)=C1C. The Morgan fingerprint density at radius 2 is 1.93 bits per heavy atom. The smallest absolute Gasteiger partial charge is 0.338 e. The molecule has 0 saturated carbocycles. The van der Waals surface area contributed by atoms with E-state index in [0.29, 0.717) is 28.9 Å². The molecule has 1 heterocycles. The van der Waals surface area contributed by atoms with Crippen molar-refractivity contribution in [2.24, 2.45) is 5.41 Å². The monoisotopic (exact) mass is 404 g/mol. The number of methoxy groups -OCH3 is 1. The van der Waals surface area contributed by atoms with Crippen molar-refractivity contribution in [2.45, 2.75) is 60.6 Å². The summed E-state index contributed by atoms with van der Waals surface area (Å²) in [6.45, 7) is 13.6. The first-order valence-corrected chi connectivity index (χ1v) is 9.79. The Morgan fingerprint density at radius 1 is 1.31 bits per heavy atom. The Bertz CT molecular complexity index is 838. The summed E-state index contributed by atoms with van der Waals surface area (Å²) in [5.74, 6) is -0.168. The first kappa shape index (κ1) is 22.6. The normalized spacial score (nSPS) is 18.4. The molecular weight excluding hydrogens is 372 g/mol. The van der Waals surface area contributed by atoms with Gasteiger partial charge in [-0.1, -0.05) is 20.8 Å². The Hall–Kier alpha value is -2.70. The first-order valence-electron chi connectivity index (χ1n) is 9.79. The second-order valence-corrected chi connectivity index (χ2v) is 8.43. The van der Waals surface area contributed by atoms with Crippen LogP contribution in [-0.4, -0.2) is 41.8 Å². The summed E-state index contributed by atoms with van der Waals surface area (Å²) in [7, 11) is 1.46. The lowest BCUT2D eigenvalue weighted by Gasteiger charge is -2.36. The van der Waals surface area contributed by atoms with Crippen molar-refractivity contribution >= 4 is 12.0 Å². The van der Waals surface area contributed by atoms with Crippen LogP contribution in [0.25, 0.3) is 0 Å². The molecule has 0 spiro atoms. The number of hydrogen-bond donors (Lipinski definition) is 2. The summed E-state index contributed by atoms with van der Waals surface area (Å²) >= 11 is 0. The molecule has 0 aliphatic carbocycles. The number of aryl methyl sites for hydroxylation is 1. The molecule has 2 unspecified atom stereocenters. The van der Waals surface area contributed by atoms with Crippen LogP contribution in [0.4, 0.5) is 4.79 Å². The minimum Gasteiger partial charge on any atom is -0.504 e. The summed E-state index contributed by atoms with van der Waals surface area (Å²) in [4.78, 5) is 27.3. The van der Waals surface area contributed by atoms with Gasteiger partial charge in [-0.15, -0.1) is 0 Å². The predicted octanol–water partition coefficient (Wildman–Crippen LogP) is 4.05. The quantitative estimate of drug-likeness (QED) is 0.723. The topological polar surface area (TPSA) is 88.1 Å². The number of esters is 1. The van der Waals surface area contributed by atoms with Crippen molar-refractivity contribution in [3.63, 3.8) is 0 Å². The molecule has 2 atom stereocenters. The van der Waals surface area contributed by atoms with Crippen LogP contribution < -0.4 is 10.1 Å². The van der Waals surface area contributed by atoms with Gasteiger partial charge in [-0.25, -0.2) is 9.59 Å². The van der Waals surface area contributed by atoms with Crippen LogP contribution in [0.5, 0.6) is 11.5 Å². The van der Waals surface area contributed by atoms with Crippen molar-refractivity contribution in [1.82, 2.24) is 10.2 Å². The van der Waals surface area contributed by atoms with Crippen LogP contribution in [0, 0.1) is 12.3 Å². The zero-order valence-electron chi connectivity index (χ0n) is 18.5. The van der Waals surface area contributed by atoms with Crippen molar-refractivity contribution in [1.29, 1.82) is 0 Å². The zero-order chi connectivity index (χ0) is 22.1. The van der Waals surface area contributed by atoms with E-state index >= 15 is 0 Å². The maximum Gasteiger partial charge on any atom is 0.338 e.